The molecule has 2 aromatic rings. The second kappa shape index (κ2) is 10.3. The van der Waals surface area contributed by atoms with Crippen molar-refractivity contribution in [1.29, 1.82) is 0 Å². The Morgan fingerprint density at radius 1 is 1.29 bits per heavy atom. The van der Waals surface area contributed by atoms with Crippen LogP contribution in [0.4, 0.5) is 4.39 Å². The van der Waals surface area contributed by atoms with E-state index in [0.717, 1.165) is 4.91 Å². The first-order valence-corrected chi connectivity index (χ1v) is 12.2. The monoisotopic (exact) mass is 495 g/mol. The van der Waals surface area contributed by atoms with Crippen LogP contribution in [0.2, 0.25) is 0 Å². The molecule has 2 bridgehead atoms. The zero-order chi connectivity index (χ0) is 25.1. The molecule has 0 saturated carbocycles. The summed E-state index contributed by atoms with van der Waals surface area (Å²) >= 11 is 1.48. The first-order valence-electron chi connectivity index (χ1n) is 11.0. The molecule has 1 amide bonds. The molecule has 1 N–H and O–H groups in total. The maximum atomic E-state index is 15.1. The smallest absolute Gasteiger partial charge is 0.278 e. The van der Waals surface area contributed by atoms with E-state index in [1.165, 1.54) is 39.7 Å². The SMILES string of the molecule is C=C(/C(=C\C=C/C)SC)[C@@H]1c2cccc(F)c2OC/C=C\CN2CN1n1ccc(=O)c(O)c1C2=O. The molecule has 0 saturated heterocycles. The number of pyridine rings is 1. The molecule has 0 fully saturated rings. The van der Waals surface area contributed by atoms with Gasteiger partial charge >= 0.3 is 0 Å². The third-order valence-electron chi connectivity index (χ3n) is 5.85. The fourth-order valence-corrected chi connectivity index (χ4v) is 4.77. The number of fused-ring (bicyclic) bond motifs is 5. The predicted octanol–water partition coefficient (Wildman–Crippen LogP) is 4.11. The number of aromatic hydroxyl groups is 1. The molecule has 1 aromatic heterocycles. The van der Waals surface area contributed by atoms with Gasteiger partial charge in [-0.15, -0.1) is 11.8 Å². The van der Waals surface area contributed by atoms with Crippen molar-refractivity contribution < 1.29 is 19.0 Å². The van der Waals surface area contributed by atoms with Gasteiger partial charge in [-0.05, 0) is 37.0 Å². The Labute approximate surface area is 207 Å². The van der Waals surface area contributed by atoms with Gasteiger partial charge in [0.05, 0.1) is 0 Å². The Morgan fingerprint density at radius 2 is 2.09 bits per heavy atom. The number of aromatic nitrogens is 1. The summed E-state index contributed by atoms with van der Waals surface area (Å²) in [5.74, 6) is -1.57. The second-order valence-corrected chi connectivity index (χ2v) is 8.81. The normalized spacial score (nSPS) is 19.0. The maximum Gasteiger partial charge on any atom is 0.278 e. The molecule has 9 heteroatoms. The highest BCUT2D eigenvalue weighted by molar-refractivity contribution is 8.02. The van der Waals surface area contributed by atoms with E-state index in [-0.39, 0.29) is 31.3 Å². The van der Waals surface area contributed by atoms with Crippen LogP contribution in [-0.4, -0.2) is 46.7 Å². The number of amides is 1. The van der Waals surface area contributed by atoms with Crippen molar-refractivity contribution in [3.8, 4) is 11.5 Å². The molecule has 2 aliphatic heterocycles. The Kier molecular flexibility index (Phi) is 7.16. The predicted molar refractivity (Wildman–Crippen MR) is 136 cm³/mol. The van der Waals surface area contributed by atoms with E-state index in [2.05, 4.69) is 6.58 Å². The Balaban J connectivity index is 2.03. The van der Waals surface area contributed by atoms with Crippen molar-refractivity contribution in [3.05, 3.63) is 105 Å². The van der Waals surface area contributed by atoms with Crippen molar-refractivity contribution in [2.75, 3.05) is 31.1 Å². The van der Waals surface area contributed by atoms with Crippen molar-refractivity contribution in [2.45, 2.75) is 13.0 Å². The van der Waals surface area contributed by atoms with E-state index in [1.807, 2.05) is 31.4 Å². The Bertz CT molecular complexity index is 1310. The van der Waals surface area contributed by atoms with Gasteiger partial charge in [0.2, 0.25) is 5.43 Å². The van der Waals surface area contributed by atoms with Gasteiger partial charge in [-0.3, -0.25) is 19.3 Å². The first-order chi connectivity index (χ1) is 16.9. The van der Waals surface area contributed by atoms with Crippen LogP contribution in [0.15, 0.2) is 82.7 Å². The van der Waals surface area contributed by atoms with Gasteiger partial charge in [-0.2, -0.15) is 0 Å². The van der Waals surface area contributed by atoms with Crippen LogP contribution in [0, 0.1) is 5.82 Å². The van der Waals surface area contributed by atoms with E-state index >= 15 is 4.39 Å². The van der Waals surface area contributed by atoms with E-state index in [0.29, 0.717) is 11.1 Å². The number of para-hydroxylation sites is 1. The minimum atomic E-state index is -0.695. The molecule has 0 unspecified atom stereocenters. The molecule has 2 aliphatic rings. The zero-order valence-corrected chi connectivity index (χ0v) is 20.3. The fraction of sp³-hybridized carbons (Fsp3) is 0.231. The fourth-order valence-electron chi connectivity index (χ4n) is 4.18. The van der Waals surface area contributed by atoms with Crippen LogP contribution in [0.5, 0.6) is 11.5 Å². The van der Waals surface area contributed by atoms with Crippen molar-refractivity contribution >= 4 is 17.7 Å². The molecule has 182 valence electrons. The van der Waals surface area contributed by atoms with E-state index < -0.39 is 28.9 Å². The highest BCUT2D eigenvalue weighted by Crippen LogP contribution is 2.41. The lowest BCUT2D eigenvalue weighted by atomic mass is 9.96. The average Bonchev–Trinajstić information content (AvgIpc) is 2.87. The largest absolute Gasteiger partial charge is 0.502 e. The number of carbonyl (C=O) groups is 1. The first kappa shape index (κ1) is 24.4. The van der Waals surface area contributed by atoms with E-state index in [4.69, 9.17) is 4.74 Å². The summed E-state index contributed by atoms with van der Waals surface area (Å²) in [6.45, 7) is 6.68. The number of nitrogens with zero attached hydrogens (tertiary/aromatic N) is 3. The average molecular weight is 496 g/mol. The molecule has 4 rings (SSSR count). The highest BCUT2D eigenvalue weighted by Gasteiger charge is 2.38. The Morgan fingerprint density at radius 3 is 2.83 bits per heavy atom. The molecule has 3 heterocycles. The number of halogens is 1. The van der Waals surface area contributed by atoms with Crippen molar-refractivity contribution in [1.82, 2.24) is 9.58 Å². The minimum Gasteiger partial charge on any atom is -0.502 e. The lowest BCUT2D eigenvalue weighted by molar-refractivity contribution is 0.0701. The lowest BCUT2D eigenvalue weighted by Crippen LogP contribution is -2.55. The van der Waals surface area contributed by atoms with Crippen LogP contribution in [0.1, 0.15) is 29.0 Å². The standard InChI is InChI=1S/C26H26FN3O4S/c1-4-5-11-21(35-3)17(2)22-18-9-8-10-19(27)25(18)34-15-7-6-13-28-16-30(22)29-14-12-20(31)24(32)23(29)26(28)33/h4-12,14,22,32H,2,13,15-16H2,1,3H3/b5-4-,7-6-,21-11+/t22-/m1/s1. The molecule has 0 aliphatic carbocycles. The zero-order valence-electron chi connectivity index (χ0n) is 19.5. The number of thioether (sulfide) groups is 1. The van der Waals surface area contributed by atoms with Crippen LogP contribution in [0.25, 0.3) is 0 Å². The number of benzene rings is 1. The van der Waals surface area contributed by atoms with Gasteiger partial charge in [0, 0.05) is 29.3 Å². The molecule has 0 spiro atoms. The summed E-state index contributed by atoms with van der Waals surface area (Å²) in [4.78, 5) is 27.9. The third-order valence-corrected chi connectivity index (χ3v) is 6.69. The summed E-state index contributed by atoms with van der Waals surface area (Å²) in [6, 6.07) is 5.18. The van der Waals surface area contributed by atoms with Crippen LogP contribution in [0.3, 0.4) is 0 Å². The van der Waals surface area contributed by atoms with Gasteiger partial charge in [0.15, 0.2) is 23.0 Å². The number of carbonyl (C=O) groups excluding carboxylic acids is 1. The summed E-state index contributed by atoms with van der Waals surface area (Å²) in [7, 11) is 0. The number of hydrogen-bond acceptors (Lipinski definition) is 6. The highest BCUT2D eigenvalue weighted by atomic mass is 32.2. The Hall–Kier alpha value is -3.72. The summed E-state index contributed by atoms with van der Waals surface area (Å²) in [6.07, 6.45) is 12.5. The van der Waals surface area contributed by atoms with Gasteiger partial charge in [-0.25, -0.2) is 4.39 Å². The molecule has 1 atom stereocenters. The second-order valence-electron chi connectivity index (χ2n) is 7.96. The summed E-state index contributed by atoms with van der Waals surface area (Å²) in [5, 5.41) is 12.4. The van der Waals surface area contributed by atoms with Gasteiger partial charge < -0.3 is 14.7 Å². The van der Waals surface area contributed by atoms with Crippen molar-refractivity contribution in [2.24, 2.45) is 0 Å². The van der Waals surface area contributed by atoms with Crippen LogP contribution in [-0.2, 0) is 0 Å². The maximum absolute atomic E-state index is 15.1. The molecule has 7 nitrogen and oxygen atoms in total. The summed E-state index contributed by atoms with van der Waals surface area (Å²) in [5.41, 5.74) is 0.325. The quantitative estimate of drug-likeness (QED) is 0.508. The van der Waals surface area contributed by atoms with Crippen molar-refractivity contribution in [3.63, 3.8) is 0 Å². The number of rotatable bonds is 4. The van der Waals surface area contributed by atoms with Gasteiger partial charge in [-0.1, -0.05) is 36.9 Å². The van der Waals surface area contributed by atoms with E-state index in [9.17, 15) is 14.7 Å². The molecule has 0 radical (unpaired) electrons. The number of allylic oxidation sites excluding steroid dienone is 3. The third kappa shape index (κ3) is 4.51. The topological polar surface area (TPSA) is 75.0 Å². The minimum absolute atomic E-state index is 0.0759. The van der Waals surface area contributed by atoms with Gasteiger partial charge in [0.25, 0.3) is 5.91 Å². The number of ether oxygens (including phenoxy) is 1. The molecule has 35 heavy (non-hydrogen) atoms. The molecular formula is C26H26FN3O4S. The van der Waals surface area contributed by atoms with Crippen LogP contribution >= 0.6 is 11.8 Å². The molecule has 1 aromatic carbocycles. The lowest BCUT2D eigenvalue weighted by Gasteiger charge is -2.44. The van der Waals surface area contributed by atoms with E-state index in [1.54, 1.807) is 29.3 Å². The number of hydrogen-bond donors (Lipinski definition) is 1. The summed E-state index contributed by atoms with van der Waals surface area (Å²) < 4.78 is 22.4. The molecular weight excluding hydrogens is 469 g/mol. The van der Waals surface area contributed by atoms with Crippen LogP contribution < -0.4 is 15.2 Å². The van der Waals surface area contributed by atoms with Gasteiger partial charge in [0.1, 0.15) is 19.3 Å².